The monoisotopic (exact) mass is 198 g/mol. The van der Waals surface area contributed by atoms with Gasteiger partial charge in [-0.1, -0.05) is 0 Å². The number of hydrogen-bond acceptors (Lipinski definition) is 3. The third-order valence-corrected chi connectivity index (χ3v) is 2.36. The van der Waals surface area contributed by atoms with Gasteiger partial charge in [0.2, 0.25) is 0 Å². The van der Waals surface area contributed by atoms with Gasteiger partial charge in [0.25, 0.3) is 0 Å². The van der Waals surface area contributed by atoms with Gasteiger partial charge in [-0.05, 0) is 24.5 Å². The summed E-state index contributed by atoms with van der Waals surface area (Å²) >= 11 is 1.55. The smallest absolute Gasteiger partial charge is 0.339 e. The Balaban J connectivity index is 3.15. The van der Waals surface area contributed by atoms with E-state index < -0.39 is 5.97 Å². The number of hydrogen-bond donors (Lipinski definition) is 1. The van der Waals surface area contributed by atoms with Gasteiger partial charge in [0, 0.05) is 4.90 Å². The highest BCUT2D eigenvalue weighted by Crippen LogP contribution is 2.24. The maximum Gasteiger partial charge on any atom is 0.339 e. The predicted molar refractivity (Wildman–Crippen MR) is 51.7 cm³/mol. The highest BCUT2D eigenvalue weighted by Gasteiger charge is 2.10. The number of carboxylic acid groups (broad SMARTS) is 1. The minimum Gasteiger partial charge on any atom is -0.496 e. The van der Waals surface area contributed by atoms with Crippen LogP contribution in [0.4, 0.5) is 0 Å². The molecule has 1 aromatic carbocycles. The highest BCUT2D eigenvalue weighted by atomic mass is 32.2. The van der Waals surface area contributed by atoms with E-state index in [1.54, 1.807) is 30.0 Å². The molecule has 0 aliphatic rings. The number of aromatic carboxylic acids is 1. The van der Waals surface area contributed by atoms with E-state index >= 15 is 0 Å². The molecule has 70 valence electrons. The molecule has 0 amide bonds. The van der Waals surface area contributed by atoms with Gasteiger partial charge in [-0.15, -0.1) is 11.8 Å². The Morgan fingerprint density at radius 1 is 1.54 bits per heavy atom. The first-order valence-electron chi connectivity index (χ1n) is 3.64. The van der Waals surface area contributed by atoms with Crippen LogP contribution in [-0.4, -0.2) is 24.4 Å². The lowest BCUT2D eigenvalue weighted by Gasteiger charge is -2.05. The molecule has 0 heterocycles. The van der Waals surface area contributed by atoms with E-state index in [1.165, 1.54) is 7.11 Å². The SMILES string of the molecule is COc1cc(SC)ccc1C(=O)O. The van der Waals surface area contributed by atoms with Crippen LogP contribution in [0.15, 0.2) is 23.1 Å². The van der Waals surface area contributed by atoms with E-state index in [4.69, 9.17) is 9.84 Å². The van der Waals surface area contributed by atoms with Gasteiger partial charge in [0.15, 0.2) is 0 Å². The molecular weight excluding hydrogens is 188 g/mol. The zero-order valence-electron chi connectivity index (χ0n) is 7.40. The average molecular weight is 198 g/mol. The van der Waals surface area contributed by atoms with Gasteiger partial charge in [0.05, 0.1) is 7.11 Å². The summed E-state index contributed by atoms with van der Waals surface area (Å²) in [6.45, 7) is 0. The topological polar surface area (TPSA) is 46.5 Å². The zero-order chi connectivity index (χ0) is 9.84. The number of thioether (sulfide) groups is 1. The molecule has 0 fully saturated rings. The molecule has 0 aliphatic heterocycles. The molecule has 1 aromatic rings. The molecule has 0 saturated carbocycles. The van der Waals surface area contributed by atoms with Crippen LogP contribution in [-0.2, 0) is 0 Å². The quantitative estimate of drug-likeness (QED) is 0.756. The summed E-state index contributed by atoms with van der Waals surface area (Å²) in [4.78, 5) is 11.7. The van der Waals surface area contributed by atoms with Gasteiger partial charge in [0.1, 0.15) is 11.3 Å². The summed E-state index contributed by atoms with van der Waals surface area (Å²) < 4.78 is 4.95. The standard InChI is InChI=1S/C9H10O3S/c1-12-8-5-6(13-2)3-4-7(8)9(10)11/h3-5H,1-2H3,(H,10,11). The third kappa shape index (κ3) is 2.15. The van der Waals surface area contributed by atoms with E-state index in [2.05, 4.69) is 0 Å². The Hall–Kier alpha value is -1.16. The van der Waals surface area contributed by atoms with Crippen molar-refractivity contribution in [2.75, 3.05) is 13.4 Å². The number of rotatable bonds is 3. The second-order valence-electron chi connectivity index (χ2n) is 2.37. The largest absolute Gasteiger partial charge is 0.496 e. The summed E-state index contributed by atoms with van der Waals surface area (Å²) in [6, 6.07) is 5.03. The maximum absolute atomic E-state index is 10.7. The van der Waals surface area contributed by atoms with Gasteiger partial charge in [-0.2, -0.15) is 0 Å². The van der Waals surface area contributed by atoms with Crippen LogP contribution in [0.5, 0.6) is 5.75 Å². The van der Waals surface area contributed by atoms with E-state index in [0.717, 1.165) is 4.90 Å². The fraction of sp³-hybridized carbons (Fsp3) is 0.222. The van der Waals surface area contributed by atoms with Crippen molar-refractivity contribution in [3.05, 3.63) is 23.8 Å². The molecule has 0 unspecified atom stereocenters. The third-order valence-electron chi connectivity index (χ3n) is 1.64. The van der Waals surface area contributed by atoms with E-state index in [-0.39, 0.29) is 5.56 Å². The Morgan fingerprint density at radius 2 is 2.23 bits per heavy atom. The summed E-state index contributed by atoms with van der Waals surface area (Å²) in [5, 5.41) is 8.77. The van der Waals surface area contributed by atoms with E-state index in [0.29, 0.717) is 5.75 Å². The molecule has 4 heteroatoms. The molecule has 13 heavy (non-hydrogen) atoms. The Bertz CT molecular complexity index is 323. The van der Waals surface area contributed by atoms with Crippen LogP contribution < -0.4 is 4.74 Å². The molecule has 0 saturated heterocycles. The Labute approximate surface area is 80.7 Å². The van der Waals surface area contributed by atoms with Crippen molar-refractivity contribution in [1.82, 2.24) is 0 Å². The molecule has 0 atom stereocenters. The Kier molecular flexibility index (Phi) is 3.19. The summed E-state index contributed by atoms with van der Waals surface area (Å²) in [7, 11) is 1.46. The summed E-state index contributed by atoms with van der Waals surface area (Å²) in [5.74, 6) is -0.566. The van der Waals surface area contributed by atoms with Gasteiger partial charge >= 0.3 is 5.97 Å². The van der Waals surface area contributed by atoms with Crippen molar-refractivity contribution < 1.29 is 14.6 Å². The van der Waals surface area contributed by atoms with Gasteiger partial charge in [-0.3, -0.25) is 0 Å². The lowest BCUT2D eigenvalue weighted by atomic mass is 10.2. The van der Waals surface area contributed by atoms with Crippen LogP contribution in [0.1, 0.15) is 10.4 Å². The van der Waals surface area contributed by atoms with Gasteiger partial charge in [-0.25, -0.2) is 4.79 Å². The predicted octanol–water partition coefficient (Wildman–Crippen LogP) is 2.12. The second kappa shape index (κ2) is 4.18. The molecule has 0 bridgehead atoms. The lowest BCUT2D eigenvalue weighted by molar-refractivity contribution is 0.0693. The number of methoxy groups -OCH3 is 1. The minimum atomic E-state index is -0.968. The van der Waals surface area contributed by atoms with Crippen LogP contribution in [0.3, 0.4) is 0 Å². The molecule has 1 rings (SSSR count). The molecule has 0 aromatic heterocycles. The van der Waals surface area contributed by atoms with Crippen LogP contribution >= 0.6 is 11.8 Å². The summed E-state index contributed by atoms with van der Waals surface area (Å²) in [6.07, 6.45) is 1.93. The average Bonchev–Trinajstić information content (AvgIpc) is 2.16. The number of carboxylic acids is 1. The first-order valence-corrected chi connectivity index (χ1v) is 4.87. The second-order valence-corrected chi connectivity index (χ2v) is 3.25. The minimum absolute atomic E-state index is 0.195. The first-order chi connectivity index (χ1) is 6.19. The lowest BCUT2D eigenvalue weighted by Crippen LogP contribution is -2.00. The van der Waals surface area contributed by atoms with Crippen molar-refractivity contribution in [3.63, 3.8) is 0 Å². The van der Waals surface area contributed by atoms with Crippen LogP contribution in [0, 0.1) is 0 Å². The van der Waals surface area contributed by atoms with E-state index in [1.807, 2.05) is 6.26 Å². The fourth-order valence-corrected chi connectivity index (χ4v) is 1.40. The van der Waals surface area contributed by atoms with Crippen LogP contribution in [0.25, 0.3) is 0 Å². The zero-order valence-corrected chi connectivity index (χ0v) is 8.22. The first kappa shape index (κ1) is 9.92. The summed E-state index contributed by atoms with van der Waals surface area (Å²) in [5.41, 5.74) is 0.195. The normalized spacial score (nSPS) is 9.69. The number of carbonyl (C=O) groups is 1. The van der Waals surface area contributed by atoms with Gasteiger partial charge < -0.3 is 9.84 Å². The van der Waals surface area contributed by atoms with Crippen molar-refractivity contribution in [2.45, 2.75) is 4.90 Å². The highest BCUT2D eigenvalue weighted by molar-refractivity contribution is 7.98. The van der Waals surface area contributed by atoms with Crippen LogP contribution in [0.2, 0.25) is 0 Å². The molecule has 0 aliphatic carbocycles. The maximum atomic E-state index is 10.7. The van der Waals surface area contributed by atoms with Crippen molar-refractivity contribution in [1.29, 1.82) is 0 Å². The Morgan fingerprint density at radius 3 is 2.69 bits per heavy atom. The number of benzene rings is 1. The molecule has 0 spiro atoms. The van der Waals surface area contributed by atoms with Crippen molar-refractivity contribution >= 4 is 17.7 Å². The number of ether oxygens (including phenoxy) is 1. The van der Waals surface area contributed by atoms with Crippen molar-refractivity contribution in [2.24, 2.45) is 0 Å². The van der Waals surface area contributed by atoms with E-state index in [9.17, 15) is 4.79 Å². The molecule has 0 radical (unpaired) electrons. The molecular formula is C9H10O3S. The van der Waals surface area contributed by atoms with Crippen molar-refractivity contribution in [3.8, 4) is 5.75 Å². The fourth-order valence-electron chi connectivity index (χ4n) is 0.975. The molecule has 1 N–H and O–H groups in total. The molecule has 3 nitrogen and oxygen atoms in total.